The van der Waals surface area contributed by atoms with Crippen molar-refractivity contribution in [1.29, 1.82) is 0 Å². The number of fused-ring (bicyclic) bond motifs is 2. The van der Waals surface area contributed by atoms with Crippen molar-refractivity contribution >= 4 is 39.2 Å². The van der Waals surface area contributed by atoms with Crippen LogP contribution in [0.25, 0.3) is 21.9 Å². The van der Waals surface area contributed by atoms with E-state index in [0.29, 0.717) is 0 Å². The Hall–Kier alpha value is -4.83. The molecule has 180 valence electrons. The van der Waals surface area contributed by atoms with E-state index in [-0.39, 0.29) is 27.0 Å². The average molecular weight is 508 g/mol. The van der Waals surface area contributed by atoms with Crippen molar-refractivity contribution in [2.45, 2.75) is 5.92 Å². The zero-order valence-electron chi connectivity index (χ0n) is 18.0. The lowest BCUT2D eigenvalue weighted by atomic mass is 9.84. The van der Waals surface area contributed by atoms with Gasteiger partial charge in [-0.2, -0.15) is 0 Å². The Kier molecular flexibility index (Phi) is 5.37. The summed E-state index contributed by atoms with van der Waals surface area (Å²) in [6.07, 6.45) is 0. The van der Waals surface area contributed by atoms with E-state index in [2.05, 4.69) is 0 Å². The number of hydrogen-bond acceptors (Lipinski definition) is 9. The lowest BCUT2D eigenvalue weighted by Gasteiger charge is -2.20. The van der Waals surface area contributed by atoms with Crippen molar-refractivity contribution in [3.8, 4) is 17.2 Å². The van der Waals surface area contributed by atoms with E-state index in [1.165, 1.54) is 24.3 Å². The zero-order valence-corrected chi connectivity index (χ0v) is 18.7. The molecule has 5 rings (SSSR count). The Balaban J connectivity index is 1.98. The number of nitro benzene ring substituents is 1. The average Bonchev–Trinajstić information content (AvgIpc) is 2.84. The highest BCUT2D eigenvalue weighted by Gasteiger charge is 2.36. The Morgan fingerprint density at radius 1 is 0.778 bits per heavy atom. The standard InChI is InChI=1S/C25H14ClNO9/c26-11-9-14(21(28)15(10-11)27(33)34)18(19-22(29)12-5-1-3-7-16(12)35-24(19)31)20-23(30)13-6-2-4-8-17(13)36-25(20)32/h1-10,18,28-30H. The second kappa shape index (κ2) is 8.43. The second-order valence-corrected chi connectivity index (χ2v) is 8.29. The lowest BCUT2D eigenvalue weighted by Crippen LogP contribution is -2.21. The molecule has 5 aromatic rings. The van der Waals surface area contributed by atoms with Gasteiger partial charge in [-0.25, -0.2) is 9.59 Å². The lowest BCUT2D eigenvalue weighted by molar-refractivity contribution is -0.385. The first-order chi connectivity index (χ1) is 17.2. The van der Waals surface area contributed by atoms with E-state index in [0.717, 1.165) is 12.1 Å². The summed E-state index contributed by atoms with van der Waals surface area (Å²) in [4.78, 5) is 37.0. The minimum absolute atomic E-state index is 0.0264. The number of halogens is 1. The van der Waals surface area contributed by atoms with Gasteiger partial charge in [0, 0.05) is 16.7 Å². The maximum atomic E-state index is 13.2. The minimum atomic E-state index is -1.77. The van der Waals surface area contributed by atoms with Crippen molar-refractivity contribution in [2.75, 3.05) is 0 Å². The van der Waals surface area contributed by atoms with Crippen molar-refractivity contribution in [3.05, 3.63) is 113 Å². The summed E-state index contributed by atoms with van der Waals surface area (Å²) in [5.41, 5.74) is -4.56. The van der Waals surface area contributed by atoms with Crippen LogP contribution < -0.4 is 11.3 Å². The summed E-state index contributed by atoms with van der Waals surface area (Å²) in [5, 5.41) is 44.6. The molecule has 3 N–H and O–H groups in total. The van der Waals surface area contributed by atoms with Crippen LogP contribution >= 0.6 is 11.6 Å². The first-order valence-electron chi connectivity index (χ1n) is 10.3. The second-order valence-electron chi connectivity index (χ2n) is 7.85. The maximum Gasteiger partial charge on any atom is 0.344 e. The molecular weight excluding hydrogens is 494 g/mol. The summed E-state index contributed by atoms with van der Waals surface area (Å²) in [6, 6.07) is 14.0. The quantitative estimate of drug-likeness (QED) is 0.177. The molecule has 0 aliphatic rings. The summed E-state index contributed by atoms with van der Waals surface area (Å²) >= 11 is 6.09. The summed E-state index contributed by atoms with van der Waals surface area (Å²) in [7, 11) is 0. The smallest absolute Gasteiger partial charge is 0.344 e. The van der Waals surface area contributed by atoms with Gasteiger partial charge in [0.1, 0.15) is 22.7 Å². The first-order valence-corrected chi connectivity index (χ1v) is 10.7. The fraction of sp³-hybridized carbons (Fsp3) is 0.0400. The fourth-order valence-corrected chi connectivity index (χ4v) is 4.45. The summed E-state index contributed by atoms with van der Waals surface area (Å²) in [5.74, 6) is -3.96. The number of phenolic OH excluding ortho intramolecular Hbond substituents is 1. The maximum absolute atomic E-state index is 13.2. The van der Waals surface area contributed by atoms with Crippen LogP contribution in [0.5, 0.6) is 17.2 Å². The molecule has 0 aliphatic heterocycles. The van der Waals surface area contributed by atoms with Crippen LogP contribution in [0.3, 0.4) is 0 Å². The topological polar surface area (TPSA) is 164 Å². The third-order valence-corrected chi connectivity index (χ3v) is 6.03. The number of aromatic hydroxyl groups is 3. The number of benzene rings is 3. The van der Waals surface area contributed by atoms with Gasteiger partial charge in [0.15, 0.2) is 5.75 Å². The molecule has 0 radical (unpaired) electrons. The van der Waals surface area contributed by atoms with E-state index in [9.17, 15) is 35.0 Å². The molecule has 0 fully saturated rings. The Bertz CT molecular complexity index is 1720. The Morgan fingerprint density at radius 3 is 1.72 bits per heavy atom. The Morgan fingerprint density at radius 2 is 1.25 bits per heavy atom. The number of para-hydroxylation sites is 2. The molecular formula is C25H14ClNO9. The van der Waals surface area contributed by atoms with E-state index >= 15 is 0 Å². The van der Waals surface area contributed by atoms with Crippen molar-refractivity contribution < 1.29 is 29.1 Å². The van der Waals surface area contributed by atoms with Crippen LogP contribution in [0.1, 0.15) is 22.6 Å². The zero-order chi connectivity index (χ0) is 25.7. The van der Waals surface area contributed by atoms with Gasteiger partial charge in [-0.15, -0.1) is 0 Å². The van der Waals surface area contributed by atoms with Crippen LogP contribution in [-0.4, -0.2) is 20.2 Å². The van der Waals surface area contributed by atoms with E-state index < -0.39 is 61.7 Å². The van der Waals surface area contributed by atoms with Gasteiger partial charge in [-0.3, -0.25) is 10.1 Å². The number of rotatable bonds is 4. The van der Waals surface area contributed by atoms with Gasteiger partial charge in [0.05, 0.1) is 32.7 Å². The SMILES string of the molecule is O=c1oc2ccccc2c(O)c1C(c1cc(Cl)cc([N+](=O)[O-])c1O)c1c(O)c2ccccc2oc1=O. The van der Waals surface area contributed by atoms with Crippen LogP contribution in [0.4, 0.5) is 5.69 Å². The van der Waals surface area contributed by atoms with Crippen molar-refractivity contribution in [1.82, 2.24) is 0 Å². The number of nitrogens with zero attached hydrogens (tertiary/aromatic N) is 1. The summed E-state index contributed by atoms with van der Waals surface area (Å²) < 4.78 is 10.7. The highest BCUT2D eigenvalue weighted by Crippen LogP contribution is 2.47. The number of hydrogen-bond donors (Lipinski definition) is 3. The molecule has 0 saturated carbocycles. The monoisotopic (exact) mass is 507 g/mol. The molecule has 0 amide bonds. The van der Waals surface area contributed by atoms with E-state index in [1.54, 1.807) is 24.3 Å². The highest BCUT2D eigenvalue weighted by molar-refractivity contribution is 6.31. The highest BCUT2D eigenvalue weighted by atomic mass is 35.5. The molecule has 0 spiro atoms. The molecule has 0 aliphatic carbocycles. The minimum Gasteiger partial charge on any atom is -0.507 e. The van der Waals surface area contributed by atoms with Crippen molar-refractivity contribution in [3.63, 3.8) is 0 Å². The molecule has 10 nitrogen and oxygen atoms in total. The van der Waals surface area contributed by atoms with Crippen LogP contribution in [0, 0.1) is 10.1 Å². The third kappa shape index (κ3) is 3.51. The number of nitro groups is 1. The normalized spacial score (nSPS) is 11.4. The van der Waals surface area contributed by atoms with Crippen LogP contribution in [-0.2, 0) is 0 Å². The third-order valence-electron chi connectivity index (χ3n) is 5.81. The molecule has 2 aromatic heterocycles. The predicted molar refractivity (Wildman–Crippen MR) is 129 cm³/mol. The van der Waals surface area contributed by atoms with E-state index in [4.69, 9.17) is 20.4 Å². The predicted octanol–water partition coefficient (Wildman–Crippen LogP) is 4.76. The first kappa shape index (κ1) is 22.9. The molecule has 0 unspecified atom stereocenters. The molecule has 11 heteroatoms. The van der Waals surface area contributed by atoms with Gasteiger partial charge in [0.2, 0.25) is 0 Å². The van der Waals surface area contributed by atoms with Gasteiger partial charge < -0.3 is 24.2 Å². The van der Waals surface area contributed by atoms with Gasteiger partial charge in [-0.05, 0) is 30.3 Å². The Labute approximate surface area is 205 Å². The van der Waals surface area contributed by atoms with Crippen LogP contribution in [0.15, 0.2) is 79.1 Å². The summed E-state index contributed by atoms with van der Waals surface area (Å²) in [6.45, 7) is 0. The van der Waals surface area contributed by atoms with Gasteiger partial charge in [-0.1, -0.05) is 35.9 Å². The van der Waals surface area contributed by atoms with Crippen LogP contribution in [0.2, 0.25) is 5.02 Å². The molecule has 0 saturated heterocycles. The van der Waals surface area contributed by atoms with Crippen molar-refractivity contribution in [2.24, 2.45) is 0 Å². The fourth-order valence-electron chi connectivity index (χ4n) is 4.22. The van der Waals surface area contributed by atoms with Gasteiger partial charge in [0.25, 0.3) is 0 Å². The molecule has 3 aromatic carbocycles. The van der Waals surface area contributed by atoms with Gasteiger partial charge >= 0.3 is 16.9 Å². The molecule has 0 bridgehead atoms. The number of phenols is 1. The van der Waals surface area contributed by atoms with E-state index in [1.807, 2.05) is 0 Å². The largest absolute Gasteiger partial charge is 0.507 e. The molecule has 36 heavy (non-hydrogen) atoms. The molecule has 2 heterocycles. The molecule has 0 atom stereocenters.